The first kappa shape index (κ1) is 13.8. The molecule has 2 rings (SSSR count). The smallest absolute Gasteiger partial charge is 0.169 e. The van der Waals surface area contributed by atoms with Crippen molar-refractivity contribution in [1.82, 2.24) is 0 Å². The molecule has 0 amide bonds. The zero-order valence-electron chi connectivity index (χ0n) is 11.3. The minimum absolute atomic E-state index is 0.0890. The van der Waals surface area contributed by atoms with Gasteiger partial charge in [0, 0.05) is 11.5 Å². The summed E-state index contributed by atoms with van der Waals surface area (Å²) >= 11 is 0. The number of rotatable bonds is 5. The summed E-state index contributed by atoms with van der Waals surface area (Å²) in [5.41, 5.74) is 2.00. The molecule has 0 saturated carbocycles. The fraction of sp³-hybridized carbons (Fsp3) is 0.111. The van der Waals surface area contributed by atoms with Gasteiger partial charge in [0.15, 0.2) is 5.75 Å². The lowest BCUT2D eigenvalue weighted by atomic mass is 9.98. The lowest BCUT2D eigenvalue weighted by Crippen LogP contribution is -1.89. The van der Waals surface area contributed by atoms with Crippen LogP contribution in [0.15, 0.2) is 55.1 Å². The second kappa shape index (κ2) is 6.49. The minimum Gasteiger partial charge on any atom is -0.508 e. The second-order valence-corrected chi connectivity index (χ2v) is 4.32. The van der Waals surface area contributed by atoms with Crippen molar-refractivity contribution in [3.05, 3.63) is 78.4 Å². The highest BCUT2D eigenvalue weighted by molar-refractivity contribution is 5.50. The maximum Gasteiger partial charge on any atom is 0.169 e. The summed E-state index contributed by atoms with van der Waals surface area (Å²) in [5, 5.41) is 9.30. The van der Waals surface area contributed by atoms with E-state index in [1.165, 1.54) is 0 Å². The Morgan fingerprint density at radius 3 is 2.45 bits per heavy atom. The van der Waals surface area contributed by atoms with Gasteiger partial charge in [0.1, 0.15) is 5.75 Å². The third-order valence-electron chi connectivity index (χ3n) is 2.98. The van der Waals surface area contributed by atoms with E-state index in [4.69, 9.17) is 4.74 Å². The van der Waals surface area contributed by atoms with Crippen molar-refractivity contribution in [2.75, 3.05) is 7.11 Å². The molecule has 0 saturated heterocycles. The van der Waals surface area contributed by atoms with E-state index in [2.05, 4.69) is 18.7 Å². The molecule has 1 unspecified atom stereocenters. The molecular formula is C18H16O2. The molecular weight excluding hydrogens is 248 g/mol. The van der Waals surface area contributed by atoms with Crippen LogP contribution < -0.4 is 4.74 Å². The number of aromatic hydroxyl groups is 1. The first-order valence-corrected chi connectivity index (χ1v) is 6.30. The van der Waals surface area contributed by atoms with Crippen molar-refractivity contribution >= 4 is 6.08 Å². The van der Waals surface area contributed by atoms with Crippen molar-refractivity contribution in [2.45, 2.75) is 5.92 Å². The molecule has 0 heterocycles. The predicted octanol–water partition coefficient (Wildman–Crippen LogP) is 3.98. The van der Waals surface area contributed by atoms with Gasteiger partial charge < -0.3 is 9.84 Å². The van der Waals surface area contributed by atoms with Crippen LogP contribution in [0.5, 0.6) is 11.5 Å². The van der Waals surface area contributed by atoms with E-state index >= 15 is 0 Å². The molecule has 20 heavy (non-hydrogen) atoms. The lowest BCUT2D eigenvalue weighted by molar-refractivity contribution is 0.415. The normalized spacial score (nSPS) is 11.8. The molecule has 2 heteroatoms. The number of ether oxygens (including phenoxy) is 1. The zero-order valence-corrected chi connectivity index (χ0v) is 11.3. The highest BCUT2D eigenvalue weighted by atomic mass is 16.5. The molecule has 100 valence electrons. The van der Waals surface area contributed by atoms with E-state index < -0.39 is 0 Å². The quantitative estimate of drug-likeness (QED) is 0.828. The molecule has 0 aliphatic rings. The number of phenolic OH excluding ortho intramolecular Hbond substituents is 1. The van der Waals surface area contributed by atoms with E-state index in [9.17, 15) is 5.11 Å². The molecule has 0 fully saturated rings. The Balaban J connectivity index is 2.14. The largest absolute Gasteiger partial charge is 0.508 e. The van der Waals surface area contributed by atoms with E-state index in [1.54, 1.807) is 19.2 Å². The summed E-state index contributed by atoms with van der Waals surface area (Å²) in [5.74, 6) is 1.02. The van der Waals surface area contributed by atoms with Gasteiger partial charge in [-0.15, -0.1) is 6.58 Å². The summed E-state index contributed by atoms with van der Waals surface area (Å²) in [6.07, 6.45) is 5.86. The van der Waals surface area contributed by atoms with Crippen molar-refractivity contribution in [2.24, 2.45) is 0 Å². The van der Waals surface area contributed by atoms with Crippen molar-refractivity contribution in [3.63, 3.8) is 0 Å². The molecule has 1 N–H and O–H groups in total. The average molecular weight is 264 g/mol. The Morgan fingerprint density at radius 1 is 1.15 bits per heavy atom. The molecule has 0 aliphatic heterocycles. The number of allylic oxidation sites excluding steroid dienone is 2. The third-order valence-corrected chi connectivity index (χ3v) is 2.98. The van der Waals surface area contributed by atoms with Crippen molar-refractivity contribution in [3.8, 4) is 11.5 Å². The van der Waals surface area contributed by atoms with Gasteiger partial charge >= 0.3 is 0 Å². The lowest BCUT2D eigenvalue weighted by Gasteiger charge is -2.07. The van der Waals surface area contributed by atoms with E-state index in [1.807, 2.05) is 42.5 Å². The number of methoxy groups -OCH3 is 1. The van der Waals surface area contributed by atoms with Crippen LogP contribution in [-0.2, 0) is 0 Å². The minimum atomic E-state index is 0.0890. The van der Waals surface area contributed by atoms with E-state index in [0.29, 0.717) is 5.75 Å². The molecule has 0 aliphatic carbocycles. The van der Waals surface area contributed by atoms with Gasteiger partial charge in [0.05, 0.1) is 7.11 Å². The first-order valence-electron chi connectivity index (χ1n) is 6.30. The Kier molecular flexibility index (Phi) is 4.47. The van der Waals surface area contributed by atoms with Gasteiger partial charge in [-0.05, 0) is 42.0 Å². The Bertz CT molecular complexity index is 580. The molecule has 2 aromatic rings. The summed E-state index contributed by atoms with van der Waals surface area (Å²) in [7, 11) is 1.60. The fourth-order valence-electron chi connectivity index (χ4n) is 1.83. The van der Waals surface area contributed by atoms with Gasteiger partial charge in [0.2, 0.25) is 0 Å². The number of phenols is 1. The third kappa shape index (κ3) is 3.43. The van der Waals surface area contributed by atoms with Crippen LogP contribution >= 0.6 is 0 Å². The van der Waals surface area contributed by atoms with Crippen LogP contribution in [0.4, 0.5) is 0 Å². The molecule has 2 nitrogen and oxygen atoms in total. The highest BCUT2D eigenvalue weighted by Gasteiger charge is 2.03. The molecule has 0 spiro atoms. The summed E-state index contributed by atoms with van der Waals surface area (Å²) in [6.45, 7) is 3.85. The van der Waals surface area contributed by atoms with E-state index in [-0.39, 0.29) is 11.7 Å². The topological polar surface area (TPSA) is 29.5 Å². The van der Waals surface area contributed by atoms with Crippen LogP contribution in [0, 0.1) is 12.1 Å². The zero-order chi connectivity index (χ0) is 14.4. The Labute approximate surface area is 119 Å². The molecule has 1 atom stereocenters. The van der Waals surface area contributed by atoms with Crippen LogP contribution in [0.1, 0.15) is 17.0 Å². The molecule has 0 bridgehead atoms. The first-order chi connectivity index (χ1) is 9.72. The fourth-order valence-corrected chi connectivity index (χ4v) is 1.83. The van der Waals surface area contributed by atoms with Crippen molar-refractivity contribution in [1.29, 1.82) is 0 Å². The SMILES string of the molecule is C=CC(C=Cc1c#cc(OC)cc1)c1ccc(O)cc1. The van der Waals surface area contributed by atoms with Crippen LogP contribution in [0.2, 0.25) is 0 Å². The molecule has 0 aromatic heterocycles. The van der Waals surface area contributed by atoms with Crippen molar-refractivity contribution < 1.29 is 9.84 Å². The van der Waals surface area contributed by atoms with Gasteiger partial charge in [-0.2, -0.15) is 0 Å². The Hall–Kier alpha value is -2.66. The van der Waals surface area contributed by atoms with Crippen LogP contribution in [0.25, 0.3) is 6.08 Å². The van der Waals surface area contributed by atoms with Gasteiger partial charge in [0.25, 0.3) is 0 Å². The average Bonchev–Trinajstić information content (AvgIpc) is 2.50. The standard InChI is InChI=1S/C18H16O2/c1-3-15(16-8-10-17(19)11-9-16)7-4-14-5-12-18(20-2)13-6-14/h3-5,7-12,15,19H,1H2,2H3. The maximum absolute atomic E-state index is 9.30. The summed E-state index contributed by atoms with van der Waals surface area (Å²) in [6, 6.07) is 16.8. The van der Waals surface area contributed by atoms with Gasteiger partial charge in [-0.25, -0.2) is 0 Å². The predicted molar refractivity (Wildman–Crippen MR) is 80.7 cm³/mol. The second-order valence-electron chi connectivity index (χ2n) is 4.32. The monoisotopic (exact) mass is 264 g/mol. The van der Waals surface area contributed by atoms with E-state index in [0.717, 1.165) is 11.1 Å². The van der Waals surface area contributed by atoms with Gasteiger partial charge in [-0.3, -0.25) is 0 Å². The van der Waals surface area contributed by atoms with Gasteiger partial charge in [-0.1, -0.05) is 30.4 Å². The summed E-state index contributed by atoms with van der Waals surface area (Å²) in [4.78, 5) is 0. The number of benzene rings is 1. The number of hydrogen-bond donors (Lipinski definition) is 1. The summed E-state index contributed by atoms with van der Waals surface area (Å²) < 4.78 is 5.05. The Morgan fingerprint density at radius 2 is 1.90 bits per heavy atom. The maximum atomic E-state index is 9.30. The van der Waals surface area contributed by atoms with Crippen LogP contribution in [0.3, 0.4) is 0 Å². The van der Waals surface area contributed by atoms with Crippen LogP contribution in [-0.4, -0.2) is 12.2 Å². The highest BCUT2D eigenvalue weighted by Crippen LogP contribution is 2.22. The molecule has 2 aromatic carbocycles. The molecule has 0 radical (unpaired) electrons. The number of hydrogen-bond acceptors (Lipinski definition) is 2.